The van der Waals surface area contributed by atoms with E-state index in [-0.39, 0.29) is 6.04 Å². The third kappa shape index (κ3) is 1.26. The Bertz CT molecular complexity index is 358. The lowest BCUT2D eigenvalue weighted by atomic mass is 10.2. The SMILES string of the molecule is COC1=NC(C)=NC2C=[N+](C)N=C12. The predicted octanol–water partition coefficient (Wildman–Crippen LogP) is -0.0854. The third-order valence-electron chi connectivity index (χ3n) is 1.90. The van der Waals surface area contributed by atoms with Crippen LogP contribution >= 0.6 is 0 Å². The maximum Gasteiger partial charge on any atom is 0.246 e. The lowest BCUT2D eigenvalue weighted by Crippen LogP contribution is -2.31. The summed E-state index contributed by atoms with van der Waals surface area (Å²) in [6, 6.07) is -0.0163. The number of fused-ring (bicyclic) bond motifs is 1. The van der Waals surface area contributed by atoms with Crippen LogP contribution in [0.15, 0.2) is 15.1 Å². The van der Waals surface area contributed by atoms with Crippen molar-refractivity contribution in [3.63, 3.8) is 0 Å². The van der Waals surface area contributed by atoms with Crippen molar-refractivity contribution < 1.29 is 9.42 Å². The quantitative estimate of drug-likeness (QED) is 0.479. The van der Waals surface area contributed by atoms with Gasteiger partial charge in [0.2, 0.25) is 17.8 Å². The van der Waals surface area contributed by atoms with E-state index in [0.717, 1.165) is 11.5 Å². The Labute approximate surface area is 76.2 Å². The van der Waals surface area contributed by atoms with Crippen molar-refractivity contribution in [3.8, 4) is 0 Å². The summed E-state index contributed by atoms with van der Waals surface area (Å²) in [4.78, 5) is 8.46. The molecule has 5 nitrogen and oxygen atoms in total. The van der Waals surface area contributed by atoms with Crippen molar-refractivity contribution >= 4 is 23.7 Å². The molecule has 13 heavy (non-hydrogen) atoms. The van der Waals surface area contributed by atoms with Gasteiger partial charge in [-0.3, -0.25) is 0 Å². The van der Waals surface area contributed by atoms with Crippen LogP contribution < -0.4 is 0 Å². The second-order valence-electron chi connectivity index (χ2n) is 2.95. The molecule has 0 fully saturated rings. The Morgan fingerprint density at radius 1 is 1.54 bits per heavy atom. The molecule has 5 heteroatoms. The van der Waals surface area contributed by atoms with Crippen LogP contribution in [0.25, 0.3) is 0 Å². The molecule has 0 aliphatic carbocycles. The lowest BCUT2D eigenvalue weighted by Gasteiger charge is -2.10. The van der Waals surface area contributed by atoms with Crippen LogP contribution in [0.1, 0.15) is 6.92 Å². The van der Waals surface area contributed by atoms with E-state index in [1.54, 1.807) is 11.8 Å². The van der Waals surface area contributed by atoms with Crippen LogP contribution in [0.4, 0.5) is 0 Å². The minimum absolute atomic E-state index is 0.0163. The number of ether oxygens (including phenoxy) is 1. The first-order chi connectivity index (χ1) is 6.20. The predicted molar refractivity (Wildman–Crippen MR) is 51.0 cm³/mol. The van der Waals surface area contributed by atoms with Crippen LogP contribution in [0, 0.1) is 0 Å². The average molecular weight is 179 g/mol. The number of rotatable bonds is 0. The first kappa shape index (κ1) is 8.10. The second kappa shape index (κ2) is 2.76. The van der Waals surface area contributed by atoms with E-state index in [0.29, 0.717) is 5.90 Å². The fourth-order valence-corrected chi connectivity index (χ4v) is 1.39. The first-order valence-corrected chi connectivity index (χ1v) is 4.04. The van der Waals surface area contributed by atoms with Crippen molar-refractivity contribution in [1.29, 1.82) is 0 Å². The molecule has 68 valence electrons. The van der Waals surface area contributed by atoms with Gasteiger partial charge in [0.15, 0.2) is 13.1 Å². The van der Waals surface area contributed by atoms with E-state index in [1.165, 1.54) is 0 Å². The van der Waals surface area contributed by atoms with Crippen LogP contribution in [0.2, 0.25) is 0 Å². The molecule has 0 saturated heterocycles. The number of hydrogen-bond acceptors (Lipinski definition) is 4. The zero-order chi connectivity index (χ0) is 9.42. The van der Waals surface area contributed by atoms with Gasteiger partial charge in [0, 0.05) is 5.10 Å². The number of nitrogens with zero attached hydrogens (tertiary/aromatic N) is 4. The summed E-state index contributed by atoms with van der Waals surface area (Å²) in [7, 11) is 3.46. The van der Waals surface area contributed by atoms with Gasteiger partial charge in [0.05, 0.1) is 7.11 Å². The van der Waals surface area contributed by atoms with Crippen molar-refractivity contribution in [3.05, 3.63) is 0 Å². The van der Waals surface area contributed by atoms with E-state index in [1.807, 2.05) is 20.2 Å². The number of hydrazone groups is 1. The smallest absolute Gasteiger partial charge is 0.246 e. The zero-order valence-electron chi connectivity index (χ0n) is 7.85. The zero-order valence-corrected chi connectivity index (χ0v) is 7.85. The van der Waals surface area contributed by atoms with Gasteiger partial charge in [-0.2, -0.15) is 4.99 Å². The van der Waals surface area contributed by atoms with Crippen molar-refractivity contribution in [2.24, 2.45) is 15.1 Å². The maximum absolute atomic E-state index is 5.12. The molecule has 0 saturated carbocycles. The molecule has 0 bridgehead atoms. The van der Waals surface area contributed by atoms with Crippen LogP contribution in [0.3, 0.4) is 0 Å². The van der Waals surface area contributed by atoms with E-state index >= 15 is 0 Å². The third-order valence-corrected chi connectivity index (χ3v) is 1.90. The largest absolute Gasteiger partial charge is 0.479 e. The molecule has 1 atom stereocenters. The molecule has 2 aliphatic heterocycles. The van der Waals surface area contributed by atoms with Gasteiger partial charge in [0.1, 0.15) is 5.84 Å². The van der Waals surface area contributed by atoms with Gasteiger partial charge in [-0.05, 0) is 6.92 Å². The standard InChI is InChI=1S/C8H11N4O/c1-5-9-6-4-12(2)11-7(6)8(10-5)13-3/h4,6H,1-3H3/q+1. The van der Waals surface area contributed by atoms with Gasteiger partial charge in [-0.15, -0.1) is 0 Å². The maximum atomic E-state index is 5.12. The minimum atomic E-state index is -0.0163. The average Bonchev–Trinajstić information content (AvgIpc) is 2.43. The van der Waals surface area contributed by atoms with E-state index < -0.39 is 0 Å². The molecule has 0 radical (unpaired) electrons. The van der Waals surface area contributed by atoms with Gasteiger partial charge in [-0.25, -0.2) is 4.99 Å². The van der Waals surface area contributed by atoms with Crippen molar-refractivity contribution in [2.45, 2.75) is 13.0 Å². The first-order valence-electron chi connectivity index (χ1n) is 4.04. The molecule has 1 unspecified atom stereocenters. The molecule has 0 aromatic carbocycles. The lowest BCUT2D eigenvalue weighted by molar-refractivity contribution is -0.494. The summed E-state index contributed by atoms with van der Waals surface area (Å²) < 4.78 is 6.85. The summed E-state index contributed by atoms with van der Waals surface area (Å²) in [6.07, 6.45) is 1.92. The fraction of sp³-hybridized carbons (Fsp3) is 0.500. The summed E-state index contributed by atoms with van der Waals surface area (Å²) in [5, 5.41) is 4.23. The topological polar surface area (TPSA) is 49.3 Å². The second-order valence-corrected chi connectivity index (χ2v) is 2.95. The summed E-state index contributed by atoms with van der Waals surface area (Å²) in [5.41, 5.74) is 0.788. The van der Waals surface area contributed by atoms with Crippen molar-refractivity contribution in [2.75, 3.05) is 14.2 Å². The molecule has 2 rings (SSSR count). The van der Waals surface area contributed by atoms with Gasteiger partial charge < -0.3 is 4.74 Å². The Morgan fingerprint density at radius 3 is 3.00 bits per heavy atom. The van der Waals surface area contributed by atoms with Gasteiger partial charge in [-0.1, -0.05) is 4.68 Å². The Morgan fingerprint density at radius 2 is 2.31 bits per heavy atom. The Hall–Kier alpha value is -1.52. The normalized spacial score (nSPS) is 25.6. The van der Waals surface area contributed by atoms with Crippen LogP contribution in [0.5, 0.6) is 0 Å². The minimum Gasteiger partial charge on any atom is -0.479 e. The summed E-state index contributed by atoms with van der Waals surface area (Å²) in [5.74, 6) is 1.30. The number of aliphatic imine (C=N–C) groups is 2. The summed E-state index contributed by atoms with van der Waals surface area (Å²) in [6.45, 7) is 1.85. The highest BCUT2D eigenvalue weighted by Gasteiger charge is 2.33. The van der Waals surface area contributed by atoms with E-state index in [4.69, 9.17) is 4.74 Å². The highest BCUT2D eigenvalue weighted by molar-refractivity contribution is 6.46. The Kier molecular flexibility index (Phi) is 1.72. The highest BCUT2D eigenvalue weighted by Crippen LogP contribution is 2.09. The molecule has 0 N–H and O–H groups in total. The molecule has 0 spiro atoms. The highest BCUT2D eigenvalue weighted by atomic mass is 16.5. The molecular weight excluding hydrogens is 168 g/mol. The van der Waals surface area contributed by atoms with Crippen LogP contribution in [-0.4, -0.2) is 48.5 Å². The molecule has 0 amide bonds. The molecular formula is C8H11N4O+. The number of amidine groups is 1. The monoisotopic (exact) mass is 179 g/mol. The molecule has 2 aliphatic rings. The van der Waals surface area contributed by atoms with Crippen LogP contribution in [-0.2, 0) is 4.74 Å². The van der Waals surface area contributed by atoms with E-state index in [9.17, 15) is 0 Å². The number of hydrogen-bond donors (Lipinski definition) is 0. The summed E-state index contributed by atoms with van der Waals surface area (Å²) >= 11 is 0. The molecule has 0 aromatic heterocycles. The van der Waals surface area contributed by atoms with E-state index in [2.05, 4.69) is 15.1 Å². The number of methoxy groups -OCH3 is 1. The molecule has 2 heterocycles. The van der Waals surface area contributed by atoms with Gasteiger partial charge >= 0.3 is 0 Å². The molecule has 0 aromatic rings. The van der Waals surface area contributed by atoms with Gasteiger partial charge in [0.25, 0.3) is 0 Å². The fourth-order valence-electron chi connectivity index (χ4n) is 1.39. The van der Waals surface area contributed by atoms with Crippen molar-refractivity contribution in [1.82, 2.24) is 0 Å². The Balaban J connectivity index is 2.42.